The minimum atomic E-state index is -0.245. The van der Waals surface area contributed by atoms with Crippen LogP contribution in [0.15, 0.2) is 53.7 Å². The SMILES string of the molecule is CCn1c(SCC(=O)NCCc2ccccc2F)nnc1-c1ccccc1C. The molecule has 0 aliphatic heterocycles. The van der Waals surface area contributed by atoms with Gasteiger partial charge in [0.25, 0.3) is 0 Å². The number of carbonyl (C=O) groups excluding carboxylic acids is 1. The molecule has 3 aromatic rings. The molecule has 0 aliphatic rings. The minimum Gasteiger partial charge on any atom is -0.355 e. The number of nitrogens with one attached hydrogen (secondary N) is 1. The van der Waals surface area contributed by atoms with Crippen molar-refractivity contribution in [2.24, 2.45) is 0 Å². The van der Waals surface area contributed by atoms with E-state index in [0.29, 0.717) is 30.2 Å². The molecule has 5 nitrogen and oxygen atoms in total. The van der Waals surface area contributed by atoms with E-state index in [1.54, 1.807) is 18.2 Å². The van der Waals surface area contributed by atoms with Crippen molar-refractivity contribution in [3.8, 4) is 11.4 Å². The molecule has 0 radical (unpaired) electrons. The van der Waals surface area contributed by atoms with E-state index in [1.165, 1.54) is 17.8 Å². The fraction of sp³-hybridized carbons (Fsp3) is 0.286. The van der Waals surface area contributed by atoms with E-state index in [0.717, 1.165) is 17.0 Å². The van der Waals surface area contributed by atoms with Crippen molar-refractivity contribution in [1.29, 1.82) is 0 Å². The molecule has 0 spiro atoms. The lowest BCUT2D eigenvalue weighted by Gasteiger charge is -2.09. The van der Waals surface area contributed by atoms with Crippen LogP contribution in [0.25, 0.3) is 11.4 Å². The van der Waals surface area contributed by atoms with Gasteiger partial charge in [-0.3, -0.25) is 4.79 Å². The highest BCUT2D eigenvalue weighted by atomic mass is 32.2. The Balaban J connectivity index is 1.56. The Morgan fingerprint density at radius 2 is 1.89 bits per heavy atom. The Bertz CT molecular complexity index is 957. The topological polar surface area (TPSA) is 59.8 Å². The summed E-state index contributed by atoms with van der Waals surface area (Å²) in [5.74, 6) is 0.696. The van der Waals surface area contributed by atoms with Crippen molar-refractivity contribution < 1.29 is 9.18 Å². The molecule has 146 valence electrons. The molecule has 0 unspecified atom stereocenters. The average molecular weight is 399 g/mol. The number of aromatic nitrogens is 3. The van der Waals surface area contributed by atoms with Crippen molar-refractivity contribution in [2.45, 2.75) is 32.0 Å². The first kappa shape index (κ1) is 20.1. The van der Waals surface area contributed by atoms with E-state index in [-0.39, 0.29) is 17.5 Å². The van der Waals surface area contributed by atoms with Gasteiger partial charge in [-0.15, -0.1) is 10.2 Å². The van der Waals surface area contributed by atoms with E-state index in [4.69, 9.17) is 0 Å². The normalized spacial score (nSPS) is 10.8. The summed E-state index contributed by atoms with van der Waals surface area (Å²) in [5, 5.41) is 12.1. The van der Waals surface area contributed by atoms with E-state index in [2.05, 4.69) is 15.5 Å². The molecular formula is C21H23FN4OS. The lowest BCUT2D eigenvalue weighted by molar-refractivity contribution is -0.118. The van der Waals surface area contributed by atoms with Gasteiger partial charge in [-0.25, -0.2) is 4.39 Å². The molecule has 0 saturated heterocycles. The minimum absolute atomic E-state index is 0.107. The van der Waals surface area contributed by atoms with Gasteiger partial charge in [0.05, 0.1) is 5.75 Å². The van der Waals surface area contributed by atoms with Crippen LogP contribution < -0.4 is 5.32 Å². The maximum atomic E-state index is 13.6. The highest BCUT2D eigenvalue weighted by Crippen LogP contribution is 2.26. The fourth-order valence-corrected chi connectivity index (χ4v) is 3.75. The van der Waals surface area contributed by atoms with Crippen LogP contribution in [0.5, 0.6) is 0 Å². The molecule has 0 aliphatic carbocycles. The van der Waals surface area contributed by atoms with Crippen LogP contribution >= 0.6 is 11.8 Å². The van der Waals surface area contributed by atoms with Crippen molar-refractivity contribution >= 4 is 17.7 Å². The molecule has 0 saturated carbocycles. The molecule has 2 aromatic carbocycles. The lowest BCUT2D eigenvalue weighted by atomic mass is 10.1. The molecule has 3 rings (SSSR count). The van der Waals surface area contributed by atoms with Crippen molar-refractivity contribution in [3.63, 3.8) is 0 Å². The highest BCUT2D eigenvalue weighted by Gasteiger charge is 2.15. The summed E-state index contributed by atoms with van der Waals surface area (Å²) in [6.07, 6.45) is 0.464. The first-order chi connectivity index (χ1) is 13.6. The summed E-state index contributed by atoms with van der Waals surface area (Å²) >= 11 is 1.35. The maximum Gasteiger partial charge on any atom is 0.230 e. The van der Waals surface area contributed by atoms with Crippen LogP contribution in [-0.4, -0.2) is 33.0 Å². The van der Waals surface area contributed by atoms with Gasteiger partial charge in [0, 0.05) is 18.7 Å². The van der Waals surface area contributed by atoms with Crippen LogP contribution in [0.1, 0.15) is 18.1 Å². The second-order valence-electron chi connectivity index (χ2n) is 6.35. The lowest BCUT2D eigenvalue weighted by Crippen LogP contribution is -2.27. The Morgan fingerprint density at radius 3 is 2.64 bits per heavy atom. The Morgan fingerprint density at radius 1 is 1.14 bits per heavy atom. The van der Waals surface area contributed by atoms with Crippen LogP contribution in [0.2, 0.25) is 0 Å². The second-order valence-corrected chi connectivity index (χ2v) is 7.29. The third-order valence-corrected chi connectivity index (χ3v) is 5.39. The number of hydrogen-bond acceptors (Lipinski definition) is 4. The van der Waals surface area contributed by atoms with Gasteiger partial charge in [0.15, 0.2) is 11.0 Å². The molecule has 1 aromatic heterocycles. The van der Waals surface area contributed by atoms with Gasteiger partial charge in [0.1, 0.15) is 5.82 Å². The van der Waals surface area contributed by atoms with E-state index in [1.807, 2.05) is 42.7 Å². The van der Waals surface area contributed by atoms with E-state index in [9.17, 15) is 9.18 Å². The summed E-state index contributed by atoms with van der Waals surface area (Å²) in [7, 11) is 0. The highest BCUT2D eigenvalue weighted by molar-refractivity contribution is 7.99. The molecule has 1 amide bonds. The smallest absolute Gasteiger partial charge is 0.230 e. The number of amides is 1. The summed E-state index contributed by atoms with van der Waals surface area (Å²) in [6, 6.07) is 14.6. The first-order valence-electron chi connectivity index (χ1n) is 9.22. The zero-order valence-electron chi connectivity index (χ0n) is 16.0. The molecular weight excluding hydrogens is 375 g/mol. The van der Waals surface area contributed by atoms with Crippen LogP contribution in [0, 0.1) is 12.7 Å². The summed E-state index contributed by atoms with van der Waals surface area (Å²) in [5.41, 5.74) is 2.77. The van der Waals surface area contributed by atoms with Crippen molar-refractivity contribution in [1.82, 2.24) is 20.1 Å². The van der Waals surface area contributed by atoms with Crippen LogP contribution in [-0.2, 0) is 17.8 Å². The fourth-order valence-electron chi connectivity index (χ4n) is 2.92. The van der Waals surface area contributed by atoms with Gasteiger partial charge in [-0.2, -0.15) is 0 Å². The quantitative estimate of drug-likeness (QED) is 0.586. The third-order valence-electron chi connectivity index (χ3n) is 4.43. The van der Waals surface area contributed by atoms with Gasteiger partial charge in [-0.1, -0.05) is 54.2 Å². The molecule has 28 heavy (non-hydrogen) atoms. The Kier molecular flexibility index (Phi) is 6.81. The van der Waals surface area contributed by atoms with Gasteiger partial charge in [0.2, 0.25) is 5.91 Å². The Hall–Kier alpha value is -2.67. The first-order valence-corrected chi connectivity index (χ1v) is 10.2. The molecule has 1 heterocycles. The van der Waals surface area contributed by atoms with Gasteiger partial charge < -0.3 is 9.88 Å². The average Bonchev–Trinajstić information content (AvgIpc) is 3.11. The van der Waals surface area contributed by atoms with Crippen molar-refractivity contribution in [3.05, 3.63) is 65.5 Å². The van der Waals surface area contributed by atoms with Gasteiger partial charge >= 0.3 is 0 Å². The summed E-state index contributed by atoms with van der Waals surface area (Å²) in [6.45, 7) is 5.19. The van der Waals surface area contributed by atoms with Crippen LogP contribution in [0.4, 0.5) is 4.39 Å². The van der Waals surface area contributed by atoms with E-state index < -0.39 is 0 Å². The maximum absolute atomic E-state index is 13.6. The number of carbonyl (C=O) groups is 1. The second kappa shape index (κ2) is 9.50. The molecule has 0 atom stereocenters. The number of benzene rings is 2. The number of halogens is 1. The predicted molar refractivity (Wildman–Crippen MR) is 110 cm³/mol. The standard InChI is InChI=1S/C21H23FN4OS/c1-3-26-20(17-10-6-4-8-15(17)2)24-25-21(26)28-14-19(27)23-13-12-16-9-5-7-11-18(16)22/h4-11H,3,12-14H2,1-2H3,(H,23,27). The number of aryl methyl sites for hydroxylation is 1. The molecule has 7 heteroatoms. The predicted octanol–water partition coefficient (Wildman–Crippen LogP) is 3.86. The summed E-state index contributed by atoms with van der Waals surface area (Å²) < 4.78 is 15.6. The number of nitrogens with zero attached hydrogens (tertiary/aromatic N) is 3. The number of thioether (sulfide) groups is 1. The molecule has 0 bridgehead atoms. The third kappa shape index (κ3) is 4.78. The zero-order valence-corrected chi connectivity index (χ0v) is 16.8. The zero-order chi connectivity index (χ0) is 19.9. The van der Waals surface area contributed by atoms with E-state index >= 15 is 0 Å². The number of hydrogen-bond donors (Lipinski definition) is 1. The van der Waals surface area contributed by atoms with Crippen molar-refractivity contribution in [2.75, 3.05) is 12.3 Å². The molecule has 1 N–H and O–H groups in total. The summed E-state index contributed by atoms with van der Waals surface area (Å²) in [4.78, 5) is 12.1. The molecule has 0 fully saturated rings. The number of rotatable bonds is 8. The monoisotopic (exact) mass is 398 g/mol. The largest absolute Gasteiger partial charge is 0.355 e. The van der Waals surface area contributed by atoms with Crippen LogP contribution in [0.3, 0.4) is 0 Å². The Labute approximate surface area is 168 Å². The van der Waals surface area contributed by atoms with Gasteiger partial charge in [-0.05, 0) is 37.5 Å².